The van der Waals surface area contributed by atoms with Gasteiger partial charge in [0.1, 0.15) is 0 Å². The van der Waals surface area contributed by atoms with E-state index in [2.05, 4.69) is 5.32 Å². The molecule has 0 aliphatic carbocycles. The number of carbonyl (C=O) groups excluding carboxylic acids is 1. The van der Waals surface area contributed by atoms with Gasteiger partial charge in [0.25, 0.3) is 0 Å². The first-order valence-corrected chi connectivity index (χ1v) is 6.19. The maximum Gasteiger partial charge on any atom is 0.220 e. The van der Waals surface area contributed by atoms with Crippen LogP contribution in [-0.2, 0) is 4.79 Å². The van der Waals surface area contributed by atoms with Crippen LogP contribution in [0.2, 0.25) is 0 Å². The van der Waals surface area contributed by atoms with Crippen LogP contribution in [0.4, 0.5) is 0 Å². The minimum absolute atomic E-state index is 0.0272. The molecule has 2 N–H and O–H groups in total. The Bertz CT molecular complexity index is 172. The minimum Gasteiger partial charge on any atom is -0.391 e. The molecule has 0 aromatic carbocycles. The van der Waals surface area contributed by atoms with E-state index in [4.69, 9.17) is 11.6 Å². The van der Waals surface area contributed by atoms with Crippen LogP contribution in [0.15, 0.2) is 0 Å². The first kappa shape index (κ1) is 14.7. The van der Waals surface area contributed by atoms with Crippen LogP contribution in [0.5, 0.6) is 0 Å². The molecule has 90 valence electrons. The van der Waals surface area contributed by atoms with Crippen LogP contribution < -0.4 is 5.32 Å². The summed E-state index contributed by atoms with van der Waals surface area (Å²) in [5.74, 6) is 0.752. The Hall–Kier alpha value is -0.280. The van der Waals surface area contributed by atoms with Gasteiger partial charge in [0.2, 0.25) is 5.91 Å². The van der Waals surface area contributed by atoms with Crippen molar-refractivity contribution in [1.29, 1.82) is 0 Å². The third kappa shape index (κ3) is 6.74. The van der Waals surface area contributed by atoms with Crippen LogP contribution >= 0.6 is 11.6 Å². The number of halogens is 1. The van der Waals surface area contributed by atoms with Gasteiger partial charge in [-0.1, -0.05) is 26.7 Å². The molecule has 0 saturated heterocycles. The Morgan fingerprint density at radius 3 is 2.47 bits per heavy atom. The summed E-state index contributed by atoms with van der Waals surface area (Å²) in [4.78, 5) is 11.2. The van der Waals surface area contributed by atoms with Gasteiger partial charge in [-0.15, -0.1) is 11.6 Å². The van der Waals surface area contributed by atoms with Gasteiger partial charge >= 0.3 is 0 Å². The van der Waals surface area contributed by atoms with Crippen molar-refractivity contribution in [1.82, 2.24) is 5.32 Å². The largest absolute Gasteiger partial charge is 0.391 e. The molecule has 0 saturated carbocycles. The number of hydrogen-bond donors (Lipinski definition) is 2. The third-order valence-electron chi connectivity index (χ3n) is 2.64. The SMILES string of the molecule is CCC(CC)C(O)CNC(=O)CCCCl. The van der Waals surface area contributed by atoms with Gasteiger partial charge in [-0.05, 0) is 12.3 Å². The van der Waals surface area contributed by atoms with Crippen molar-refractivity contribution >= 4 is 17.5 Å². The molecule has 0 spiro atoms. The summed E-state index contributed by atoms with van der Waals surface area (Å²) in [6.07, 6.45) is 2.58. The number of carbonyl (C=O) groups is 1. The summed E-state index contributed by atoms with van der Waals surface area (Å²) in [6.45, 7) is 4.45. The zero-order valence-electron chi connectivity index (χ0n) is 9.63. The van der Waals surface area contributed by atoms with Crippen molar-refractivity contribution in [2.45, 2.75) is 45.6 Å². The Kier molecular flexibility index (Phi) is 8.82. The van der Waals surface area contributed by atoms with Crippen LogP contribution in [0, 0.1) is 5.92 Å². The Labute approximate surface area is 97.2 Å². The van der Waals surface area contributed by atoms with Gasteiger partial charge in [0.15, 0.2) is 0 Å². The maximum atomic E-state index is 11.2. The average molecular weight is 236 g/mol. The predicted octanol–water partition coefficient (Wildman–Crippen LogP) is 1.92. The molecule has 1 atom stereocenters. The van der Waals surface area contributed by atoms with Crippen molar-refractivity contribution in [3.8, 4) is 0 Å². The second-order valence-corrected chi connectivity index (χ2v) is 4.12. The Morgan fingerprint density at radius 1 is 1.40 bits per heavy atom. The van der Waals surface area contributed by atoms with Crippen molar-refractivity contribution in [2.75, 3.05) is 12.4 Å². The fraction of sp³-hybridized carbons (Fsp3) is 0.909. The molecule has 3 nitrogen and oxygen atoms in total. The highest BCUT2D eigenvalue weighted by molar-refractivity contribution is 6.17. The third-order valence-corrected chi connectivity index (χ3v) is 2.91. The van der Waals surface area contributed by atoms with Gasteiger partial charge in [-0.25, -0.2) is 0 Å². The molecule has 1 amide bonds. The molecule has 0 fully saturated rings. The standard InChI is InChI=1S/C11H22ClNO2/c1-3-9(4-2)10(14)8-13-11(15)6-5-7-12/h9-10,14H,3-8H2,1-2H3,(H,13,15). The summed E-state index contributed by atoms with van der Waals surface area (Å²) in [5, 5.41) is 12.5. The molecular formula is C11H22ClNO2. The van der Waals surface area contributed by atoms with E-state index >= 15 is 0 Å². The number of amides is 1. The Balaban J connectivity index is 3.68. The molecule has 0 rings (SSSR count). The summed E-state index contributed by atoms with van der Waals surface area (Å²) < 4.78 is 0. The molecule has 1 unspecified atom stereocenters. The van der Waals surface area contributed by atoms with E-state index < -0.39 is 6.10 Å². The lowest BCUT2D eigenvalue weighted by Crippen LogP contribution is -2.36. The number of nitrogens with one attached hydrogen (secondary N) is 1. The molecule has 0 heterocycles. The first-order chi connectivity index (χ1) is 7.15. The van der Waals surface area contributed by atoms with E-state index in [1.54, 1.807) is 0 Å². The van der Waals surface area contributed by atoms with Crippen LogP contribution in [0.3, 0.4) is 0 Å². The summed E-state index contributed by atoms with van der Waals surface area (Å²) >= 11 is 5.47. The quantitative estimate of drug-likeness (QED) is 0.632. The molecule has 0 aromatic rings. The van der Waals surface area contributed by atoms with Gasteiger partial charge in [-0.3, -0.25) is 4.79 Å². The van der Waals surface area contributed by atoms with Crippen molar-refractivity contribution in [3.63, 3.8) is 0 Å². The fourth-order valence-corrected chi connectivity index (χ4v) is 1.67. The van der Waals surface area contributed by atoms with Crippen molar-refractivity contribution in [2.24, 2.45) is 5.92 Å². The molecule has 0 radical (unpaired) electrons. The summed E-state index contributed by atoms with van der Waals surface area (Å²) in [5.41, 5.74) is 0. The maximum absolute atomic E-state index is 11.2. The van der Waals surface area contributed by atoms with Crippen molar-refractivity contribution in [3.05, 3.63) is 0 Å². The monoisotopic (exact) mass is 235 g/mol. The number of aliphatic hydroxyl groups excluding tert-OH is 1. The second kappa shape index (κ2) is 8.98. The van der Waals surface area contributed by atoms with E-state index in [9.17, 15) is 9.90 Å². The highest BCUT2D eigenvalue weighted by Gasteiger charge is 2.15. The minimum atomic E-state index is -0.431. The van der Waals surface area contributed by atoms with Gasteiger partial charge < -0.3 is 10.4 Å². The van der Waals surface area contributed by atoms with Crippen LogP contribution in [0.1, 0.15) is 39.5 Å². The number of alkyl halides is 1. The first-order valence-electron chi connectivity index (χ1n) is 5.66. The topological polar surface area (TPSA) is 49.3 Å². The Morgan fingerprint density at radius 2 is 2.00 bits per heavy atom. The highest BCUT2D eigenvalue weighted by Crippen LogP contribution is 2.12. The molecule has 4 heteroatoms. The molecule has 0 aromatic heterocycles. The zero-order chi connectivity index (χ0) is 11.7. The lowest BCUT2D eigenvalue weighted by Gasteiger charge is -2.20. The predicted molar refractivity (Wildman–Crippen MR) is 63.0 cm³/mol. The highest BCUT2D eigenvalue weighted by atomic mass is 35.5. The fourth-order valence-electron chi connectivity index (χ4n) is 1.53. The van der Waals surface area contributed by atoms with Gasteiger partial charge in [0, 0.05) is 18.8 Å². The molecule has 0 bridgehead atoms. The van der Waals surface area contributed by atoms with Crippen LogP contribution in [-0.4, -0.2) is 29.5 Å². The lowest BCUT2D eigenvalue weighted by molar-refractivity contribution is -0.121. The summed E-state index contributed by atoms with van der Waals surface area (Å²) in [7, 11) is 0. The van der Waals surface area contributed by atoms with Crippen LogP contribution in [0.25, 0.3) is 0 Å². The van der Waals surface area contributed by atoms with E-state index in [1.165, 1.54) is 0 Å². The smallest absolute Gasteiger partial charge is 0.220 e. The number of aliphatic hydroxyl groups is 1. The molecule has 0 aliphatic heterocycles. The van der Waals surface area contributed by atoms with Gasteiger partial charge in [-0.2, -0.15) is 0 Å². The number of hydrogen-bond acceptors (Lipinski definition) is 2. The molecule has 0 aliphatic rings. The van der Waals surface area contributed by atoms with E-state index in [-0.39, 0.29) is 11.8 Å². The normalized spacial score (nSPS) is 12.9. The van der Waals surface area contributed by atoms with Crippen molar-refractivity contribution < 1.29 is 9.90 Å². The molecular weight excluding hydrogens is 214 g/mol. The number of rotatable bonds is 8. The lowest BCUT2D eigenvalue weighted by atomic mass is 9.96. The zero-order valence-corrected chi connectivity index (χ0v) is 10.4. The van der Waals surface area contributed by atoms with E-state index in [0.29, 0.717) is 25.3 Å². The van der Waals surface area contributed by atoms with Gasteiger partial charge in [0.05, 0.1) is 6.10 Å². The average Bonchev–Trinajstić information content (AvgIpc) is 2.25. The van der Waals surface area contributed by atoms with E-state index in [0.717, 1.165) is 12.8 Å². The second-order valence-electron chi connectivity index (χ2n) is 3.74. The molecule has 15 heavy (non-hydrogen) atoms. The summed E-state index contributed by atoms with van der Waals surface area (Å²) in [6, 6.07) is 0. The van der Waals surface area contributed by atoms with E-state index in [1.807, 2.05) is 13.8 Å².